The van der Waals surface area contributed by atoms with Crippen LogP contribution in [0.15, 0.2) is 36.1 Å². The zero-order valence-corrected chi connectivity index (χ0v) is 21.9. The Hall–Kier alpha value is -3.28. The van der Waals surface area contributed by atoms with E-state index in [2.05, 4.69) is 22.4 Å². The highest BCUT2D eigenvalue weighted by atomic mass is 32.1. The van der Waals surface area contributed by atoms with E-state index in [1.807, 2.05) is 41.5 Å². The number of amides is 1. The van der Waals surface area contributed by atoms with Crippen LogP contribution >= 0.6 is 11.3 Å². The van der Waals surface area contributed by atoms with E-state index in [0.29, 0.717) is 31.3 Å². The zero-order chi connectivity index (χ0) is 25.4. The molecule has 37 heavy (non-hydrogen) atoms. The van der Waals surface area contributed by atoms with E-state index in [4.69, 9.17) is 19.4 Å². The fraction of sp³-hybridized carbons (Fsp3) is 0.462. The Morgan fingerprint density at radius 1 is 1.24 bits per heavy atom. The van der Waals surface area contributed by atoms with Crippen molar-refractivity contribution < 1.29 is 14.3 Å². The molecule has 1 amide bonds. The van der Waals surface area contributed by atoms with Crippen LogP contribution in [0.1, 0.15) is 40.3 Å². The lowest BCUT2D eigenvalue weighted by atomic mass is 10.1. The first kappa shape index (κ1) is 24.1. The van der Waals surface area contributed by atoms with Gasteiger partial charge in [0.2, 0.25) is 5.88 Å². The third-order valence-electron chi connectivity index (χ3n) is 6.98. The van der Waals surface area contributed by atoms with E-state index >= 15 is 0 Å². The number of ether oxygens (including phenoxy) is 2. The number of nitrogens with zero attached hydrogens (tertiary/aromatic N) is 6. The van der Waals surface area contributed by atoms with Crippen LogP contribution in [0.3, 0.4) is 0 Å². The van der Waals surface area contributed by atoms with Crippen molar-refractivity contribution in [3.05, 3.63) is 52.4 Å². The van der Waals surface area contributed by atoms with Crippen LogP contribution in [0.2, 0.25) is 0 Å². The molecule has 2 fully saturated rings. The molecule has 0 unspecified atom stereocenters. The zero-order valence-electron chi connectivity index (χ0n) is 21.1. The van der Waals surface area contributed by atoms with Gasteiger partial charge in [0.05, 0.1) is 35.5 Å². The molecule has 6 rings (SSSR count). The van der Waals surface area contributed by atoms with E-state index in [1.54, 1.807) is 10.9 Å². The van der Waals surface area contributed by atoms with Crippen LogP contribution in [-0.2, 0) is 18.2 Å². The second kappa shape index (κ2) is 10.2. The second-order valence-corrected chi connectivity index (χ2v) is 10.8. The number of likely N-dealkylation sites (tertiary alicyclic amines) is 1. The van der Waals surface area contributed by atoms with Gasteiger partial charge in [-0.05, 0) is 56.1 Å². The Kier molecular flexibility index (Phi) is 6.66. The van der Waals surface area contributed by atoms with Gasteiger partial charge in [-0.1, -0.05) is 0 Å². The number of nitrogens with one attached hydrogen (secondary N) is 1. The van der Waals surface area contributed by atoms with Gasteiger partial charge in [0.15, 0.2) is 0 Å². The highest BCUT2D eigenvalue weighted by Crippen LogP contribution is 2.29. The highest BCUT2D eigenvalue weighted by molar-refractivity contribution is 7.12. The van der Waals surface area contributed by atoms with E-state index in [-0.39, 0.29) is 18.1 Å². The third-order valence-corrected chi connectivity index (χ3v) is 7.95. The van der Waals surface area contributed by atoms with Crippen molar-refractivity contribution in [1.29, 1.82) is 0 Å². The number of aryl methyl sites for hydroxylation is 1. The molecule has 194 valence electrons. The molecule has 2 aliphatic heterocycles. The van der Waals surface area contributed by atoms with Crippen molar-refractivity contribution in [2.45, 2.75) is 37.8 Å². The summed E-state index contributed by atoms with van der Waals surface area (Å²) in [6, 6.07) is 4.16. The number of carbonyl (C=O) groups excluding carboxylic acids is 1. The molecule has 4 aromatic rings. The molecule has 0 radical (unpaired) electrons. The minimum absolute atomic E-state index is 0.000904. The number of thiophene rings is 1. The van der Waals surface area contributed by atoms with Gasteiger partial charge in [-0.15, -0.1) is 11.3 Å². The van der Waals surface area contributed by atoms with Gasteiger partial charge in [-0.2, -0.15) is 10.1 Å². The minimum atomic E-state index is -0.0424. The predicted octanol–water partition coefficient (Wildman–Crippen LogP) is 2.80. The maximum atomic E-state index is 12.8. The molecule has 0 saturated carbocycles. The lowest BCUT2D eigenvalue weighted by Crippen LogP contribution is -2.43. The molecule has 0 aromatic carbocycles. The van der Waals surface area contributed by atoms with Crippen molar-refractivity contribution in [2.75, 3.05) is 33.4 Å². The molecule has 10 nitrogen and oxygen atoms in total. The van der Waals surface area contributed by atoms with Crippen LogP contribution in [0.25, 0.3) is 16.7 Å². The summed E-state index contributed by atoms with van der Waals surface area (Å²) in [5.74, 6) is 1.20. The summed E-state index contributed by atoms with van der Waals surface area (Å²) in [5, 5.41) is 9.52. The average molecular weight is 522 g/mol. The first-order valence-electron chi connectivity index (χ1n) is 12.7. The largest absolute Gasteiger partial charge is 0.470 e. The van der Waals surface area contributed by atoms with E-state index in [9.17, 15) is 4.79 Å². The molecule has 2 aliphatic rings. The molecule has 1 atom stereocenters. The summed E-state index contributed by atoms with van der Waals surface area (Å²) in [7, 11) is 4.01. The summed E-state index contributed by atoms with van der Waals surface area (Å²) < 4.78 is 15.6. The average Bonchev–Trinajstić information content (AvgIpc) is 3.68. The van der Waals surface area contributed by atoms with Crippen molar-refractivity contribution >= 4 is 28.3 Å². The molecular formula is C26H31N7O3S. The Balaban J connectivity index is 1.24. The summed E-state index contributed by atoms with van der Waals surface area (Å²) in [4.78, 5) is 25.5. The number of hydrogen-bond acceptors (Lipinski definition) is 8. The molecule has 0 spiro atoms. The fourth-order valence-corrected chi connectivity index (χ4v) is 5.73. The Bertz CT molecular complexity index is 1400. The number of carbonyl (C=O) groups is 1. The Labute approximate surface area is 219 Å². The third kappa shape index (κ3) is 5.25. The predicted molar refractivity (Wildman–Crippen MR) is 141 cm³/mol. The first-order valence-corrected chi connectivity index (χ1v) is 13.6. The lowest BCUT2D eigenvalue weighted by Gasteiger charge is -2.29. The van der Waals surface area contributed by atoms with Crippen LogP contribution in [0.4, 0.5) is 0 Å². The molecule has 1 N–H and O–H groups in total. The summed E-state index contributed by atoms with van der Waals surface area (Å²) in [6.45, 7) is 3.27. The van der Waals surface area contributed by atoms with Gasteiger partial charge in [0, 0.05) is 38.3 Å². The molecular weight excluding hydrogens is 490 g/mol. The maximum Gasteiger partial charge on any atom is 0.261 e. The molecule has 0 bridgehead atoms. The second-order valence-electron chi connectivity index (χ2n) is 9.89. The van der Waals surface area contributed by atoms with Gasteiger partial charge in [0.1, 0.15) is 17.4 Å². The summed E-state index contributed by atoms with van der Waals surface area (Å²) in [5.41, 5.74) is 3.55. The van der Waals surface area contributed by atoms with E-state index in [0.717, 1.165) is 59.5 Å². The number of rotatable bonds is 7. The van der Waals surface area contributed by atoms with Crippen LogP contribution in [0.5, 0.6) is 5.88 Å². The normalized spacial score (nSPS) is 19.0. The van der Waals surface area contributed by atoms with Crippen LogP contribution < -0.4 is 10.1 Å². The number of piperidine rings is 1. The van der Waals surface area contributed by atoms with E-state index in [1.165, 1.54) is 11.3 Å². The van der Waals surface area contributed by atoms with Gasteiger partial charge in [-0.3, -0.25) is 9.48 Å². The summed E-state index contributed by atoms with van der Waals surface area (Å²) in [6.07, 6.45) is 8.99. The SMILES string of the molecule is CN1CCC(NC(=O)c2cc(Cc3nc(O[C@H]4CCOC4)c4c(ccn4-c4cnn(C)c4)n3)cs2)CC1. The highest BCUT2D eigenvalue weighted by Gasteiger charge is 2.23. The Morgan fingerprint density at radius 2 is 2.11 bits per heavy atom. The van der Waals surface area contributed by atoms with Crippen molar-refractivity contribution in [1.82, 2.24) is 34.5 Å². The number of fused-ring (bicyclic) bond motifs is 1. The van der Waals surface area contributed by atoms with Gasteiger partial charge in [-0.25, -0.2) is 4.98 Å². The molecule has 4 aromatic heterocycles. The van der Waals surface area contributed by atoms with Gasteiger partial charge < -0.3 is 24.3 Å². The number of hydrogen-bond donors (Lipinski definition) is 1. The van der Waals surface area contributed by atoms with Crippen LogP contribution in [0, 0.1) is 0 Å². The van der Waals surface area contributed by atoms with Crippen LogP contribution in [-0.4, -0.2) is 80.6 Å². The molecule has 6 heterocycles. The minimum Gasteiger partial charge on any atom is -0.470 e. The van der Waals surface area contributed by atoms with Gasteiger partial charge in [0.25, 0.3) is 5.91 Å². The van der Waals surface area contributed by atoms with Gasteiger partial charge >= 0.3 is 0 Å². The molecule has 2 saturated heterocycles. The van der Waals surface area contributed by atoms with Crippen molar-refractivity contribution in [3.8, 4) is 11.6 Å². The smallest absolute Gasteiger partial charge is 0.261 e. The first-order chi connectivity index (χ1) is 18.0. The summed E-state index contributed by atoms with van der Waals surface area (Å²) >= 11 is 1.46. The lowest BCUT2D eigenvalue weighted by molar-refractivity contribution is 0.0921. The van der Waals surface area contributed by atoms with Crippen molar-refractivity contribution in [3.63, 3.8) is 0 Å². The molecule has 11 heteroatoms. The maximum absolute atomic E-state index is 12.8. The standard InChI is InChI=1S/C26H31N7O3S/c1-31-7-3-18(4-8-31)28-25(34)22-11-17(16-37-22)12-23-29-21-5-9-33(19-13-27-32(2)14-19)24(21)26(30-23)36-20-6-10-35-15-20/h5,9,11,13-14,16,18,20H,3-4,6-8,10,12,15H2,1-2H3,(H,28,34)/t20-/m0/s1. The fourth-order valence-electron chi connectivity index (χ4n) is 4.91. The Morgan fingerprint density at radius 3 is 2.86 bits per heavy atom. The quantitative estimate of drug-likeness (QED) is 0.399. The topological polar surface area (TPSA) is 99.3 Å². The van der Waals surface area contributed by atoms with Crippen molar-refractivity contribution in [2.24, 2.45) is 7.05 Å². The molecule has 0 aliphatic carbocycles. The number of aromatic nitrogens is 5. The van der Waals surface area contributed by atoms with E-state index < -0.39 is 0 Å². The monoisotopic (exact) mass is 521 g/mol.